The Bertz CT molecular complexity index is 1300. The summed E-state index contributed by atoms with van der Waals surface area (Å²) >= 11 is 6.28. The maximum Gasteiger partial charge on any atom is 0.283 e. The average molecular weight is 508 g/mol. The summed E-state index contributed by atoms with van der Waals surface area (Å²) in [5.41, 5.74) is -0.391. The maximum atomic E-state index is 14.2. The van der Waals surface area contributed by atoms with Gasteiger partial charge in [0.05, 0.1) is 33.4 Å². The zero-order valence-electron chi connectivity index (χ0n) is 17.4. The molecule has 0 radical (unpaired) electrons. The van der Waals surface area contributed by atoms with Gasteiger partial charge in [0.15, 0.2) is 5.82 Å². The number of fused-ring (bicyclic) bond motifs is 1. The molecule has 12 heteroatoms. The molecule has 1 saturated heterocycles. The summed E-state index contributed by atoms with van der Waals surface area (Å²) in [7, 11) is -4.43. The largest absolute Gasteiger partial charge is 0.342 e. The molecule has 1 fully saturated rings. The molecule has 4 rings (SSSR count). The molecular formula is C21H19ClF5N3O2S. The third-order valence-electron chi connectivity index (χ3n) is 5.61. The quantitative estimate of drug-likeness (QED) is 0.421. The number of benzene rings is 2. The van der Waals surface area contributed by atoms with Crippen molar-refractivity contribution >= 4 is 38.3 Å². The molecule has 0 spiro atoms. The summed E-state index contributed by atoms with van der Waals surface area (Å²) in [5, 5.41) is 4.19. The van der Waals surface area contributed by atoms with Crippen LogP contribution in [0.5, 0.6) is 0 Å². The van der Waals surface area contributed by atoms with E-state index in [1.165, 1.54) is 18.2 Å². The van der Waals surface area contributed by atoms with Gasteiger partial charge in [0.25, 0.3) is 21.9 Å². The lowest BCUT2D eigenvalue weighted by Gasteiger charge is -2.25. The van der Waals surface area contributed by atoms with Crippen molar-refractivity contribution in [3.8, 4) is 0 Å². The second kappa shape index (κ2) is 7.83. The Labute approximate surface area is 191 Å². The highest BCUT2D eigenvalue weighted by Crippen LogP contribution is 2.42. The lowest BCUT2D eigenvalue weighted by molar-refractivity contribution is 0.0172. The van der Waals surface area contributed by atoms with Crippen molar-refractivity contribution in [3.05, 3.63) is 53.1 Å². The molecule has 1 aliphatic rings. The fourth-order valence-electron chi connectivity index (χ4n) is 3.98. The molecule has 0 saturated carbocycles. The summed E-state index contributed by atoms with van der Waals surface area (Å²) in [5.74, 6) is -6.56. The Kier molecular flexibility index (Phi) is 5.64. The summed E-state index contributed by atoms with van der Waals surface area (Å²) < 4.78 is 96.8. The molecular weight excluding hydrogens is 489 g/mol. The zero-order chi connectivity index (χ0) is 24.3. The van der Waals surface area contributed by atoms with Crippen LogP contribution in [0.3, 0.4) is 0 Å². The number of aromatic nitrogens is 2. The van der Waals surface area contributed by atoms with Gasteiger partial charge >= 0.3 is 0 Å². The van der Waals surface area contributed by atoms with Crippen LogP contribution >= 0.6 is 11.6 Å². The van der Waals surface area contributed by atoms with Gasteiger partial charge < -0.3 is 4.90 Å². The molecule has 1 aromatic heterocycles. The first-order valence-electron chi connectivity index (χ1n) is 9.92. The van der Waals surface area contributed by atoms with Crippen LogP contribution in [0, 0.1) is 0 Å². The van der Waals surface area contributed by atoms with Gasteiger partial charge in [-0.1, -0.05) is 29.8 Å². The standard InChI is InChI=1S/C21H19ClF5N3O2S/c1-12(23)17-10-21(26,27)11-29(17)19-18-15(22)4-3-5-16(18)30(28-19)33(31,32)14-8-6-13(7-9-14)20(2,24)25/h3-9,12,17H,10-11H2,1-2H3/t12?,17-/m0/s1. The highest BCUT2D eigenvalue weighted by molar-refractivity contribution is 7.90. The van der Waals surface area contributed by atoms with Crippen LogP contribution in [0.4, 0.5) is 27.8 Å². The van der Waals surface area contributed by atoms with E-state index >= 15 is 0 Å². The molecule has 0 bridgehead atoms. The van der Waals surface area contributed by atoms with Crippen molar-refractivity contribution in [3.63, 3.8) is 0 Å². The second-order valence-corrected chi connectivity index (χ2v) is 10.3. The zero-order valence-corrected chi connectivity index (χ0v) is 19.0. The SMILES string of the molecule is CC(F)[C@@H]1CC(F)(F)CN1c1nn(S(=O)(=O)c2ccc(C(C)(F)F)cc2)c2cccc(Cl)c12. The van der Waals surface area contributed by atoms with Crippen LogP contribution in [0.1, 0.15) is 25.8 Å². The first kappa shape index (κ1) is 23.7. The van der Waals surface area contributed by atoms with Gasteiger partial charge in [-0.15, -0.1) is 5.10 Å². The smallest absolute Gasteiger partial charge is 0.283 e. The predicted molar refractivity (Wildman–Crippen MR) is 115 cm³/mol. The third kappa shape index (κ3) is 4.16. The van der Waals surface area contributed by atoms with Crippen molar-refractivity contribution in [1.82, 2.24) is 9.19 Å². The van der Waals surface area contributed by atoms with Gasteiger partial charge in [0.2, 0.25) is 0 Å². The minimum atomic E-state index is -4.43. The average Bonchev–Trinajstić information content (AvgIpc) is 3.26. The van der Waals surface area contributed by atoms with Gasteiger partial charge in [0, 0.05) is 18.9 Å². The molecule has 178 valence electrons. The van der Waals surface area contributed by atoms with Crippen LogP contribution in [0.25, 0.3) is 10.9 Å². The van der Waals surface area contributed by atoms with Gasteiger partial charge in [-0.05, 0) is 31.2 Å². The van der Waals surface area contributed by atoms with Gasteiger partial charge in [-0.25, -0.2) is 22.0 Å². The van der Waals surface area contributed by atoms with Crippen molar-refractivity contribution < 1.29 is 30.4 Å². The minimum absolute atomic E-state index is 0.0112. The van der Waals surface area contributed by atoms with Crippen molar-refractivity contribution in [2.24, 2.45) is 0 Å². The van der Waals surface area contributed by atoms with Crippen molar-refractivity contribution in [2.45, 2.75) is 49.2 Å². The minimum Gasteiger partial charge on any atom is -0.342 e. The lowest BCUT2D eigenvalue weighted by Crippen LogP contribution is -2.36. The Morgan fingerprint density at radius 1 is 1.18 bits per heavy atom. The maximum absolute atomic E-state index is 14.2. The molecule has 0 N–H and O–H groups in total. The van der Waals surface area contributed by atoms with Crippen LogP contribution in [0.2, 0.25) is 5.02 Å². The molecule has 0 aliphatic carbocycles. The van der Waals surface area contributed by atoms with Gasteiger partial charge in [0.1, 0.15) is 6.17 Å². The number of nitrogens with zero attached hydrogens (tertiary/aromatic N) is 3. The van der Waals surface area contributed by atoms with E-state index in [4.69, 9.17) is 11.6 Å². The highest BCUT2D eigenvalue weighted by atomic mass is 35.5. The molecule has 2 aromatic carbocycles. The van der Waals surface area contributed by atoms with Crippen molar-refractivity contribution in [2.75, 3.05) is 11.4 Å². The third-order valence-corrected chi connectivity index (χ3v) is 7.52. The van der Waals surface area contributed by atoms with E-state index in [2.05, 4.69) is 5.10 Å². The molecule has 1 unspecified atom stereocenters. The molecule has 3 aromatic rings. The van der Waals surface area contributed by atoms with Gasteiger partial charge in [-0.3, -0.25) is 0 Å². The molecule has 2 heterocycles. The first-order valence-corrected chi connectivity index (χ1v) is 11.7. The molecule has 33 heavy (non-hydrogen) atoms. The predicted octanol–water partition coefficient (Wildman–Crippen LogP) is 5.61. The fraction of sp³-hybridized carbons (Fsp3) is 0.381. The molecule has 0 amide bonds. The number of hydrogen-bond acceptors (Lipinski definition) is 4. The van der Waals surface area contributed by atoms with E-state index in [1.54, 1.807) is 0 Å². The summed E-state index contributed by atoms with van der Waals surface area (Å²) in [6.45, 7) is 0.963. The van der Waals surface area contributed by atoms with Crippen molar-refractivity contribution in [1.29, 1.82) is 0 Å². The highest BCUT2D eigenvalue weighted by Gasteiger charge is 2.49. The van der Waals surface area contributed by atoms with Crippen LogP contribution in [0.15, 0.2) is 47.4 Å². The molecule has 2 atom stereocenters. The summed E-state index contributed by atoms with van der Waals surface area (Å²) in [6.07, 6.45) is -2.41. The Morgan fingerprint density at radius 2 is 1.82 bits per heavy atom. The van der Waals surface area contributed by atoms with Crippen LogP contribution < -0.4 is 4.90 Å². The second-order valence-electron chi connectivity index (χ2n) is 8.15. The van der Waals surface area contributed by atoms with Crippen LogP contribution in [-0.2, 0) is 15.9 Å². The number of anilines is 1. The van der Waals surface area contributed by atoms with E-state index < -0.39 is 47.0 Å². The molecule has 5 nitrogen and oxygen atoms in total. The van der Waals surface area contributed by atoms with Crippen LogP contribution in [-0.4, -0.2) is 42.3 Å². The normalized spacial score (nSPS) is 19.9. The summed E-state index contributed by atoms with van der Waals surface area (Å²) in [4.78, 5) is 0.694. The Hall–Kier alpha value is -2.40. The first-order chi connectivity index (χ1) is 15.2. The Balaban J connectivity index is 1.89. The lowest BCUT2D eigenvalue weighted by atomic mass is 10.1. The Morgan fingerprint density at radius 3 is 2.39 bits per heavy atom. The number of alkyl halides is 5. The van der Waals surface area contributed by atoms with Gasteiger partial charge in [-0.2, -0.15) is 12.5 Å². The van der Waals surface area contributed by atoms with E-state index in [0.29, 0.717) is 11.0 Å². The summed E-state index contributed by atoms with van der Waals surface area (Å²) in [6, 6.07) is 7.01. The topological polar surface area (TPSA) is 55.2 Å². The van der Waals surface area contributed by atoms with E-state index in [1.807, 2.05) is 0 Å². The van der Waals surface area contributed by atoms with E-state index in [-0.39, 0.29) is 32.2 Å². The number of halogens is 6. The monoisotopic (exact) mass is 507 g/mol. The number of rotatable bonds is 5. The van der Waals surface area contributed by atoms with E-state index in [9.17, 15) is 30.4 Å². The fourth-order valence-corrected chi connectivity index (χ4v) is 5.51. The van der Waals surface area contributed by atoms with E-state index in [0.717, 1.165) is 36.1 Å². The molecule has 1 aliphatic heterocycles. The number of hydrogen-bond donors (Lipinski definition) is 0.